The second-order valence-corrected chi connectivity index (χ2v) is 21.3. The van der Waals surface area contributed by atoms with Gasteiger partial charge >= 0.3 is 17.9 Å². The third-order valence-electron chi connectivity index (χ3n) is 13.6. The molecule has 0 aromatic carbocycles. The van der Waals surface area contributed by atoms with Crippen molar-refractivity contribution in [2.45, 2.75) is 290 Å². The Hall–Kier alpha value is -4.71. The zero-order valence-corrected chi connectivity index (χ0v) is 51.8. The molecule has 0 N–H and O–H groups in total. The summed E-state index contributed by atoms with van der Waals surface area (Å²) in [4.78, 5) is 38.4. The monoisotopic (exact) mass is 1100 g/mol. The van der Waals surface area contributed by atoms with Gasteiger partial charge in [-0.3, -0.25) is 14.4 Å². The van der Waals surface area contributed by atoms with Gasteiger partial charge in [0.05, 0.1) is 0 Å². The van der Waals surface area contributed by atoms with Gasteiger partial charge in [0.15, 0.2) is 6.10 Å². The largest absolute Gasteiger partial charge is 0.462 e. The van der Waals surface area contributed by atoms with Crippen LogP contribution in [0.2, 0.25) is 0 Å². The number of carbonyl (C=O) groups is 3. The quantitative estimate of drug-likeness (QED) is 0.0261. The molecule has 0 aliphatic carbocycles. The fourth-order valence-electron chi connectivity index (χ4n) is 8.73. The van der Waals surface area contributed by atoms with Crippen LogP contribution in [0.25, 0.3) is 0 Å². The minimum Gasteiger partial charge on any atom is -0.462 e. The van der Waals surface area contributed by atoms with E-state index in [1.165, 1.54) is 122 Å². The number of hydrogen-bond acceptors (Lipinski definition) is 6. The highest BCUT2D eigenvalue weighted by atomic mass is 16.6. The van der Waals surface area contributed by atoms with E-state index in [2.05, 4.69) is 161 Å². The number of ether oxygens (including phenoxy) is 3. The van der Waals surface area contributed by atoms with E-state index in [1.807, 2.05) is 6.08 Å². The fourth-order valence-corrected chi connectivity index (χ4v) is 8.73. The maximum atomic E-state index is 12.9. The highest BCUT2D eigenvalue weighted by Crippen LogP contribution is 2.15. The second-order valence-electron chi connectivity index (χ2n) is 21.3. The predicted molar refractivity (Wildman–Crippen MR) is 348 cm³/mol. The molecule has 0 radical (unpaired) electrons. The molecule has 0 aromatic heterocycles. The molecule has 0 spiro atoms. The number of carbonyl (C=O) groups excluding carboxylic acids is 3. The van der Waals surface area contributed by atoms with Gasteiger partial charge in [-0.25, -0.2) is 0 Å². The Morgan fingerprint density at radius 1 is 0.263 bits per heavy atom. The summed E-state index contributed by atoms with van der Waals surface area (Å²) in [7, 11) is 0. The Labute approximate surface area is 493 Å². The lowest BCUT2D eigenvalue weighted by molar-refractivity contribution is -0.166. The van der Waals surface area contributed by atoms with Gasteiger partial charge in [-0.15, -0.1) is 0 Å². The van der Waals surface area contributed by atoms with Gasteiger partial charge < -0.3 is 14.2 Å². The van der Waals surface area contributed by atoms with Crippen molar-refractivity contribution in [1.29, 1.82) is 0 Å². The molecule has 452 valence electrons. The van der Waals surface area contributed by atoms with E-state index in [4.69, 9.17) is 14.2 Å². The average Bonchev–Trinajstić information content (AvgIpc) is 3.46. The van der Waals surface area contributed by atoms with Crippen molar-refractivity contribution in [2.75, 3.05) is 13.2 Å². The van der Waals surface area contributed by atoms with E-state index in [9.17, 15) is 14.4 Å². The maximum absolute atomic E-state index is 12.9. The van der Waals surface area contributed by atoms with Gasteiger partial charge in [0.25, 0.3) is 0 Å². The molecule has 0 amide bonds. The fraction of sp³-hybridized carbons (Fsp3) is 0.635. The summed E-state index contributed by atoms with van der Waals surface area (Å²) >= 11 is 0. The smallest absolute Gasteiger partial charge is 0.306 e. The van der Waals surface area contributed by atoms with E-state index >= 15 is 0 Å². The molecular formula is C74H120O6. The number of rotatable bonds is 58. The molecule has 0 aliphatic heterocycles. The van der Waals surface area contributed by atoms with Crippen LogP contribution >= 0.6 is 0 Å². The van der Waals surface area contributed by atoms with E-state index in [1.54, 1.807) is 0 Å². The van der Waals surface area contributed by atoms with Crippen molar-refractivity contribution in [3.63, 3.8) is 0 Å². The lowest BCUT2D eigenvalue weighted by Gasteiger charge is -2.18. The van der Waals surface area contributed by atoms with Crippen molar-refractivity contribution in [1.82, 2.24) is 0 Å². The van der Waals surface area contributed by atoms with Gasteiger partial charge in [-0.2, -0.15) is 0 Å². The Kier molecular flexibility index (Phi) is 62.9. The Bertz CT molecular complexity index is 1750. The highest BCUT2D eigenvalue weighted by molar-refractivity contribution is 5.71. The molecule has 0 aliphatic rings. The van der Waals surface area contributed by atoms with Crippen molar-refractivity contribution in [2.24, 2.45) is 0 Å². The minimum atomic E-state index is -0.831. The summed E-state index contributed by atoms with van der Waals surface area (Å²) in [5.41, 5.74) is 0. The number of unbranched alkanes of at least 4 members (excludes halogenated alkanes) is 23. The first-order chi connectivity index (χ1) is 39.5. The van der Waals surface area contributed by atoms with E-state index in [-0.39, 0.29) is 31.6 Å². The van der Waals surface area contributed by atoms with Crippen LogP contribution in [0.4, 0.5) is 0 Å². The first-order valence-electron chi connectivity index (χ1n) is 32.8. The molecule has 6 nitrogen and oxygen atoms in total. The van der Waals surface area contributed by atoms with Crippen molar-refractivity contribution in [3.8, 4) is 0 Å². The molecule has 0 aromatic rings. The molecule has 80 heavy (non-hydrogen) atoms. The van der Waals surface area contributed by atoms with Crippen molar-refractivity contribution < 1.29 is 28.6 Å². The number of esters is 3. The van der Waals surface area contributed by atoms with Crippen LogP contribution in [0.1, 0.15) is 284 Å². The first kappa shape index (κ1) is 75.3. The molecule has 0 saturated heterocycles. The Balaban J connectivity index is 4.49. The van der Waals surface area contributed by atoms with Crippen LogP contribution in [-0.2, 0) is 28.6 Å². The van der Waals surface area contributed by atoms with Gasteiger partial charge in [0.1, 0.15) is 13.2 Å². The molecule has 0 saturated carbocycles. The second kappa shape index (κ2) is 66.8. The van der Waals surface area contributed by atoms with Crippen LogP contribution in [-0.4, -0.2) is 37.2 Å². The molecule has 0 heterocycles. The summed E-state index contributed by atoms with van der Waals surface area (Å²) in [5.74, 6) is -1.01. The Morgan fingerprint density at radius 3 is 0.825 bits per heavy atom. The zero-order chi connectivity index (χ0) is 57.8. The van der Waals surface area contributed by atoms with Crippen molar-refractivity contribution in [3.05, 3.63) is 146 Å². The third kappa shape index (κ3) is 64.1. The van der Waals surface area contributed by atoms with Crippen molar-refractivity contribution >= 4 is 17.9 Å². The van der Waals surface area contributed by atoms with Crippen LogP contribution < -0.4 is 0 Å². The lowest BCUT2D eigenvalue weighted by Crippen LogP contribution is -2.30. The first-order valence-corrected chi connectivity index (χ1v) is 32.8. The van der Waals surface area contributed by atoms with E-state index in [0.29, 0.717) is 19.3 Å². The topological polar surface area (TPSA) is 78.9 Å². The van der Waals surface area contributed by atoms with Crippen LogP contribution in [0, 0.1) is 0 Å². The predicted octanol–water partition coefficient (Wildman–Crippen LogP) is 22.7. The van der Waals surface area contributed by atoms with Gasteiger partial charge in [0, 0.05) is 19.3 Å². The normalized spacial score (nSPS) is 13.1. The standard InChI is InChI=1S/C74H120O6/c1-4-7-10-13-16-19-22-25-28-31-34-35-36-37-38-39-41-43-46-49-52-55-58-61-64-67-73(76)79-70-71(69-78-72(75)66-63-60-57-54-51-48-45-42-33-30-27-24-21-18-15-12-9-6-3)80-74(77)68-65-62-59-56-53-50-47-44-40-32-29-26-23-20-17-14-11-8-5-2/h7-8,10-11,16-17,19-20,25-26,28-30,33-35,37-38,40,44,50,53,59,62,71H,4-6,9,12-15,18,21-24,27,31-32,36,39,41-43,45-49,51-52,54-58,60-61,63-70H2,1-3H3/b10-7-,11-8-,19-16-,20-17-,28-25-,29-26-,33-30-,35-34-,38-37-,44-40-,53-50-,62-59-. The summed E-state index contributed by atoms with van der Waals surface area (Å²) in [5, 5.41) is 0. The zero-order valence-electron chi connectivity index (χ0n) is 51.8. The molecular weight excluding hydrogens is 985 g/mol. The molecule has 1 unspecified atom stereocenters. The van der Waals surface area contributed by atoms with Crippen LogP contribution in [0.5, 0.6) is 0 Å². The summed E-state index contributed by atoms with van der Waals surface area (Å²) in [6.07, 6.45) is 95.8. The highest BCUT2D eigenvalue weighted by Gasteiger charge is 2.19. The molecule has 6 heteroatoms. The van der Waals surface area contributed by atoms with Gasteiger partial charge in [-0.1, -0.05) is 282 Å². The lowest BCUT2D eigenvalue weighted by atomic mass is 10.1. The van der Waals surface area contributed by atoms with Gasteiger partial charge in [0.2, 0.25) is 0 Å². The molecule has 0 bridgehead atoms. The van der Waals surface area contributed by atoms with Gasteiger partial charge in [-0.05, 0) is 128 Å². The molecule has 0 rings (SSSR count). The maximum Gasteiger partial charge on any atom is 0.306 e. The number of hydrogen-bond donors (Lipinski definition) is 0. The third-order valence-corrected chi connectivity index (χ3v) is 13.6. The summed E-state index contributed by atoms with van der Waals surface area (Å²) in [6, 6.07) is 0. The Morgan fingerprint density at radius 2 is 0.512 bits per heavy atom. The summed E-state index contributed by atoms with van der Waals surface area (Å²) in [6.45, 7) is 6.35. The average molecular weight is 1110 g/mol. The number of allylic oxidation sites excluding steroid dienone is 24. The molecule has 1 atom stereocenters. The van der Waals surface area contributed by atoms with Crippen LogP contribution in [0.3, 0.4) is 0 Å². The summed E-state index contributed by atoms with van der Waals surface area (Å²) < 4.78 is 16.9. The van der Waals surface area contributed by atoms with Crippen LogP contribution in [0.15, 0.2) is 146 Å². The van der Waals surface area contributed by atoms with E-state index < -0.39 is 12.1 Å². The SMILES string of the molecule is CC/C=C\C/C=C\C/C=C\C/C=C\C/C=C\C/C=C\CCC(=O)OC(COC(=O)CCCCCCCCC/C=C\CCCCCCCCC)COC(=O)CCCCCCCCCCC/C=C\C/C=C\C/C=C\C/C=C\C/C=C\CC. The minimum absolute atomic E-state index is 0.116. The van der Waals surface area contributed by atoms with E-state index in [0.717, 1.165) is 116 Å². The molecule has 0 fully saturated rings.